The van der Waals surface area contributed by atoms with Gasteiger partial charge in [-0.1, -0.05) is 24.3 Å². The number of carbonyl (C=O) groups is 1. The third-order valence-electron chi connectivity index (χ3n) is 4.16. The van der Waals surface area contributed by atoms with Crippen LogP contribution in [0.2, 0.25) is 0 Å². The fourth-order valence-corrected chi connectivity index (χ4v) is 3.47. The lowest BCUT2D eigenvalue weighted by molar-refractivity contribution is 0.251. The molecule has 0 saturated carbocycles. The molecule has 0 unspecified atom stereocenters. The summed E-state index contributed by atoms with van der Waals surface area (Å²) in [7, 11) is 0. The molecule has 0 aliphatic rings. The quantitative estimate of drug-likeness (QED) is 0.547. The van der Waals surface area contributed by atoms with Crippen molar-refractivity contribution in [1.82, 2.24) is 20.1 Å². The third kappa shape index (κ3) is 3.91. The van der Waals surface area contributed by atoms with Crippen LogP contribution in [0.1, 0.15) is 11.4 Å². The van der Waals surface area contributed by atoms with E-state index in [-0.39, 0.29) is 24.7 Å². The van der Waals surface area contributed by atoms with Gasteiger partial charge < -0.3 is 5.32 Å². The van der Waals surface area contributed by atoms with Crippen molar-refractivity contribution >= 4 is 33.1 Å². The van der Waals surface area contributed by atoms with Crippen molar-refractivity contribution in [3.05, 3.63) is 87.9 Å². The lowest BCUT2D eigenvalue weighted by Crippen LogP contribution is -2.31. The fourth-order valence-electron chi connectivity index (χ4n) is 2.86. The average molecular weight is 391 g/mol. The molecule has 0 fully saturated rings. The van der Waals surface area contributed by atoms with Gasteiger partial charge in [-0.25, -0.2) is 9.48 Å². The van der Waals surface area contributed by atoms with Gasteiger partial charge in [0.2, 0.25) is 0 Å². The van der Waals surface area contributed by atoms with E-state index in [1.54, 1.807) is 12.3 Å². The van der Waals surface area contributed by atoms with Crippen LogP contribution in [0.15, 0.2) is 71.0 Å². The van der Waals surface area contributed by atoms with Gasteiger partial charge in [0.25, 0.3) is 5.56 Å². The molecule has 1 aromatic carbocycles. The topological polar surface area (TPSA) is 88.9 Å². The van der Waals surface area contributed by atoms with Gasteiger partial charge >= 0.3 is 6.03 Å². The van der Waals surface area contributed by atoms with E-state index >= 15 is 0 Å². The highest BCUT2D eigenvalue weighted by atomic mass is 32.1. The van der Waals surface area contributed by atoms with Gasteiger partial charge in [0.05, 0.1) is 34.9 Å². The van der Waals surface area contributed by atoms with Crippen LogP contribution in [-0.2, 0) is 13.1 Å². The minimum absolute atomic E-state index is 0.187. The second-order valence-corrected chi connectivity index (χ2v) is 7.01. The van der Waals surface area contributed by atoms with E-state index in [4.69, 9.17) is 0 Å². The number of benzene rings is 1. The van der Waals surface area contributed by atoms with Crippen LogP contribution in [0, 0.1) is 0 Å². The maximum atomic E-state index is 12.8. The maximum absolute atomic E-state index is 12.8. The Morgan fingerprint density at radius 3 is 2.61 bits per heavy atom. The standard InChI is InChI=1S/C20H17N5O2S/c26-19-16-8-2-1-7-15(16)17(12-22-20(27)23-18-9-5-11-28-18)24-25(19)13-14-6-3-4-10-21-14/h1-11H,12-13H2,(H2,22,23,27). The molecule has 2 N–H and O–H groups in total. The van der Waals surface area contributed by atoms with Crippen LogP contribution >= 0.6 is 11.3 Å². The van der Waals surface area contributed by atoms with Gasteiger partial charge in [-0.2, -0.15) is 5.10 Å². The van der Waals surface area contributed by atoms with Gasteiger partial charge in [-0.3, -0.25) is 15.1 Å². The van der Waals surface area contributed by atoms with E-state index in [2.05, 4.69) is 20.7 Å². The summed E-state index contributed by atoms with van der Waals surface area (Å²) >= 11 is 1.44. The molecule has 8 heteroatoms. The van der Waals surface area contributed by atoms with Crippen LogP contribution in [0.3, 0.4) is 0 Å². The predicted molar refractivity (Wildman–Crippen MR) is 110 cm³/mol. The Kier molecular flexibility index (Phi) is 5.11. The zero-order chi connectivity index (χ0) is 19.3. The summed E-state index contributed by atoms with van der Waals surface area (Å²) < 4.78 is 1.39. The minimum Gasteiger partial charge on any atom is -0.332 e. The first kappa shape index (κ1) is 17.9. The lowest BCUT2D eigenvalue weighted by atomic mass is 10.1. The summed E-state index contributed by atoms with van der Waals surface area (Å²) in [6.07, 6.45) is 1.68. The number of nitrogens with zero attached hydrogens (tertiary/aromatic N) is 3. The molecule has 28 heavy (non-hydrogen) atoms. The lowest BCUT2D eigenvalue weighted by Gasteiger charge is -2.12. The van der Waals surface area contributed by atoms with Crippen LogP contribution in [0.4, 0.5) is 9.80 Å². The Hall–Kier alpha value is -3.52. The number of hydrogen-bond acceptors (Lipinski definition) is 5. The van der Waals surface area contributed by atoms with E-state index in [0.717, 1.165) is 16.1 Å². The highest BCUT2D eigenvalue weighted by molar-refractivity contribution is 7.14. The zero-order valence-electron chi connectivity index (χ0n) is 14.8. The molecule has 0 radical (unpaired) electrons. The Labute approximate surface area is 164 Å². The molecule has 3 heterocycles. The Balaban J connectivity index is 1.62. The number of aromatic nitrogens is 3. The van der Waals surface area contributed by atoms with Gasteiger partial charge in [0.15, 0.2) is 0 Å². The summed E-state index contributed by atoms with van der Waals surface area (Å²) in [5, 5.41) is 14.0. The van der Waals surface area contributed by atoms with Crippen molar-refractivity contribution in [3.8, 4) is 0 Å². The van der Waals surface area contributed by atoms with Gasteiger partial charge in [0, 0.05) is 11.6 Å². The number of fused-ring (bicyclic) bond motifs is 1. The molecule has 0 saturated heterocycles. The average Bonchev–Trinajstić information content (AvgIpc) is 3.23. The van der Waals surface area contributed by atoms with Gasteiger partial charge in [-0.15, -0.1) is 11.3 Å². The number of amides is 2. The second-order valence-electron chi connectivity index (χ2n) is 6.06. The van der Waals surface area contributed by atoms with Crippen LogP contribution < -0.4 is 16.2 Å². The molecule has 0 bridgehead atoms. The summed E-state index contributed by atoms with van der Waals surface area (Å²) in [5.41, 5.74) is 1.17. The normalized spacial score (nSPS) is 10.7. The molecule has 4 rings (SSSR count). The Morgan fingerprint density at radius 1 is 1.04 bits per heavy atom. The van der Waals surface area contributed by atoms with E-state index in [9.17, 15) is 9.59 Å². The first-order chi connectivity index (χ1) is 13.7. The zero-order valence-corrected chi connectivity index (χ0v) is 15.6. The first-order valence-electron chi connectivity index (χ1n) is 8.68. The van der Waals surface area contributed by atoms with E-state index in [1.165, 1.54) is 16.0 Å². The number of rotatable bonds is 5. The predicted octanol–water partition coefficient (Wildman–Crippen LogP) is 3.22. The van der Waals surface area contributed by atoms with Crippen molar-refractivity contribution in [3.63, 3.8) is 0 Å². The van der Waals surface area contributed by atoms with Crippen molar-refractivity contribution in [2.24, 2.45) is 0 Å². The second kappa shape index (κ2) is 8.01. The number of pyridine rings is 1. The smallest absolute Gasteiger partial charge is 0.320 e. The van der Waals surface area contributed by atoms with Crippen LogP contribution in [-0.4, -0.2) is 20.8 Å². The molecular formula is C20H17N5O2S. The number of nitrogens with one attached hydrogen (secondary N) is 2. The number of anilines is 1. The van der Waals surface area contributed by atoms with E-state index < -0.39 is 0 Å². The molecule has 0 atom stereocenters. The van der Waals surface area contributed by atoms with Crippen molar-refractivity contribution in [1.29, 1.82) is 0 Å². The van der Waals surface area contributed by atoms with Crippen molar-refractivity contribution < 1.29 is 4.79 Å². The Bertz CT molecular complexity index is 1160. The molecule has 3 aromatic heterocycles. The SMILES string of the molecule is O=C(NCc1nn(Cc2ccccn2)c(=O)c2ccccc12)Nc1cccs1. The fraction of sp³-hybridized carbons (Fsp3) is 0.100. The Morgan fingerprint density at radius 2 is 1.86 bits per heavy atom. The molecule has 140 valence electrons. The molecule has 4 aromatic rings. The highest BCUT2D eigenvalue weighted by Crippen LogP contribution is 2.15. The summed E-state index contributed by atoms with van der Waals surface area (Å²) in [6, 6.07) is 16.2. The monoisotopic (exact) mass is 391 g/mol. The van der Waals surface area contributed by atoms with Gasteiger partial charge in [-0.05, 0) is 35.7 Å². The molecular weight excluding hydrogens is 374 g/mol. The minimum atomic E-state index is -0.323. The highest BCUT2D eigenvalue weighted by Gasteiger charge is 2.12. The molecule has 0 spiro atoms. The van der Waals surface area contributed by atoms with Crippen molar-refractivity contribution in [2.45, 2.75) is 13.1 Å². The molecule has 7 nitrogen and oxygen atoms in total. The number of thiophene rings is 1. The summed E-state index contributed by atoms with van der Waals surface area (Å²) in [6.45, 7) is 0.457. The van der Waals surface area contributed by atoms with Crippen molar-refractivity contribution in [2.75, 3.05) is 5.32 Å². The van der Waals surface area contributed by atoms with Crippen LogP contribution in [0.25, 0.3) is 10.8 Å². The largest absolute Gasteiger partial charge is 0.332 e. The third-order valence-corrected chi connectivity index (χ3v) is 4.94. The maximum Gasteiger partial charge on any atom is 0.320 e. The summed E-state index contributed by atoms with van der Waals surface area (Å²) in [4.78, 5) is 29.2. The number of urea groups is 1. The summed E-state index contributed by atoms with van der Waals surface area (Å²) in [5.74, 6) is 0. The number of hydrogen-bond donors (Lipinski definition) is 2. The van der Waals surface area contributed by atoms with E-state index in [0.29, 0.717) is 11.1 Å². The van der Waals surface area contributed by atoms with Gasteiger partial charge in [0.1, 0.15) is 0 Å². The molecule has 0 aliphatic heterocycles. The van der Waals surface area contributed by atoms with Crippen LogP contribution in [0.5, 0.6) is 0 Å². The first-order valence-corrected chi connectivity index (χ1v) is 9.56. The molecule has 2 amide bonds. The molecule has 0 aliphatic carbocycles. The van der Waals surface area contributed by atoms with E-state index in [1.807, 2.05) is 53.9 Å². The number of carbonyl (C=O) groups excluding carboxylic acids is 1.